The van der Waals surface area contributed by atoms with Crippen molar-refractivity contribution in [3.63, 3.8) is 0 Å². The number of aliphatic hydroxyl groups is 1. The first kappa shape index (κ1) is 14.9. The molecule has 0 aliphatic rings. The average molecular weight is 273 g/mol. The molecule has 0 aromatic heterocycles. The molecule has 1 nitrogen and oxygen atoms in total. The summed E-state index contributed by atoms with van der Waals surface area (Å²) < 4.78 is 0. The number of hydrogen-bond donors (Lipinski definition) is 1. The van der Waals surface area contributed by atoms with Gasteiger partial charge in [0.05, 0.1) is 0 Å². The summed E-state index contributed by atoms with van der Waals surface area (Å²) >= 11 is 7.73. The van der Waals surface area contributed by atoms with Crippen LogP contribution in [0, 0.1) is 0 Å². The minimum Gasteiger partial charge on any atom is -0.396 e. The van der Waals surface area contributed by atoms with E-state index >= 15 is 0 Å². The van der Waals surface area contributed by atoms with Gasteiger partial charge < -0.3 is 5.11 Å². The highest BCUT2D eigenvalue weighted by Gasteiger charge is 1.95. The van der Waals surface area contributed by atoms with E-state index in [0.29, 0.717) is 6.61 Å². The average Bonchev–Trinajstić information content (AvgIpc) is 2.35. The third-order valence-electron chi connectivity index (χ3n) is 2.63. The molecule has 17 heavy (non-hydrogen) atoms. The lowest BCUT2D eigenvalue weighted by atomic mass is 10.1. The molecule has 0 aliphatic carbocycles. The van der Waals surface area contributed by atoms with Crippen molar-refractivity contribution in [2.75, 3.05) is 12.4 Å². The van der Waals surface area contributed by atoms with Crippen LogP contribution in [0.25, 0.3) is 0 Å². The first-order chi connectivity index (χ1) is 8.33. The number of thioether (sulfide) groups is 1. The van der Waals surface area contributed by atoms with E-state index < -0.39 is 0 Å². The van der Waals surface area contributed by atoms with E-state index in [2.05, 4.69) is 12.1 Å². The van der Waals surface area contributed by atoms with E-state index in [1.54, 1.807) is 0 Å². The van der Waals surface area contributed by atoms with Crippen molar-refractivity contribution in [1.29, 1.82) is 0 Å². The lowest BCUT2D eigenvalue weighted by Crippen LogP contribution is -1.85. The first-order valence-electron chi connectivity index (χ1n) is 6.32. The second kappa shape index (κ2) is 9.81. The minimum atomic E-state index is 0.340. The Morgan fingerprint density at radius 2 is 1.47 bits per heavy atom. The van der Waals surface area contributed by atoms with Crippen molar-refractivity contribution in [3.05, 3.63) is 29.3 Å². The fraction of sp³-hybridized carbons (Fsp3) is 0.571. The summed E-state index contributed by atoms with van der Waals surface area (Å²) in [5.41, 5.74) is 0. The van der Waals surface area contributed by atoms with Gasteiger partial charge in [0.15, 0.2) is 0 Å². The Morgan fingerprint density at radius 3 is 2.12 bits per heavy atom. The highest BCUT2D eigenvalue weighted by atomic mass is 35.5. The molecule has 0 bridgehead atoms. The molecule has 0 spiro atoms. The molecule has 0 radical (unpaired) electrons. The minimum absolute atomic E-state index is 0.340. The molecule has 0 fully saturated rings. The van der Waals surface area contributed by atoms with Crippen molar-refractivity contribution in [1.82, 2.24) is 0 Å². The van der Waals surface area contributed by atoms with Crippen molar-refractivity contribution < 1.29 is 5.11 Å². The Kier molecular flexibility index (Phi) is 8.59. The zero-order chi connectivity index (χ0) is 12.3. The normalized spacial score (nSPS) is 10.7. The van der Waals surface area contributed by atoms with Crippen LogP contribution in [0.5, 0.6) is 0 Å². The zero-order valence-corrected chi connectivity index (χ0v) is 11.8. The van der Waals surface area contributed by atoms with E-state index in [4.69, 9.17) is 16.7 Å². The van der Waals surface area contributed by atoms with Gasteiger partial charge in [0, 0.05) is 16.5 Å². The molecule has 3 heteroatoms. The summed E-state index contributed by atoms with van der Waals surface area (Å²) in [6.07, 6.45) is 7.24. The van der Waals surface area contributed by atoms with Crippen LogP contribution in [0.15, 0.2) is 29.2 Å². The predicted molar refractivity (Wildman–Crippen MR) is 77.0 cm³/mol. The second-order valence-electron chi connectivity index (χ2n) is 4.15. The van der Waals surface area contributed by atoms with Crippen LogP contribution in [0.1, 0.15) is 38.5 Å². The standard InChI is InChI=1S/C14H21ClOS/c15-13-7-9-14(10-8-13)17-12-6-4-2-1-3-5-11-16/h7-10,16H,1-6,11-12H2. The summed E-state index contributed by atoms with van der Waals surface area (Å²) in [5, 5.41) is 9.44. The molecule has 0 aliphatic heterocycles. The number of rotatable bonds is 9. The number of unbranched alkanes of at least 4 members (excludes halogenated alkanes) is 5. The summed E-state index contributed by atoms with van der Waals surface area (Å²) in [4.78, 5) is 1.30. The van der Waals surface area contributed by atoms with Crippen molar-refractivity contribution in [2.24, 2.45) is 0 Å². The highest BCUT2D eigenvalue weighted by molar-refractivity contribution is 7.99. The maximum absolute atomic E-state index is 8.64. The maximum Gasteiger partial charge on any atom is 0.0431 e. The van der Waals surface area contributed by atoms with Gasteiger partial charge in [-0.2, -0.15) is 0 Å². The number of halogens is 1. The van der Waals surface area contributed by atoms with Crippen molar-refractivity contribution >= 4 is 23.4 Å². The molecule has 0 heterocycles. The van der Waals surface area contributed by atoms with Gasteiger partial charge in [-0.1, -0.05) is 37.3 Å². The van der Waals surface area contributed by atoms with Crippen molar-refractivity contribution in [3.8, 4) is 0 Å². The van der Waals surface area contributed by atoms with Gasteiger partial charge in [-0.25, -0.2) is 0 Å². The van der Waals surface area contributed by atoms with Gasteiger partial charge in [0.1, 0.15) is 0 Å². The van der Waals surface area contributed by atoms with Crippen LogP contribution in [0.2, 0.25) is 5.02 Å². The monoisotopic (exact) mass is 272 g/mol. The Balaban J connectivity index is 1.95. The third-order valence-corrected chi connectivity index (χ3v) is 3.99. The lowest BCUT2D eigenvalue weighted by Gasteiger charge is -2.02. The predicted octanol–water partition coefficient (Wildman–Crippen LogP) is 4.77. The highest BCUT2D eigenvalue weighted by Crippen LogP contribution is 2.21. The summed E-state index contributed by atoms with van der Waals surface area (Å²) in [6.45, 7) is 0.340. The van der Waals surface area contributed by atoms with Gasteiger partial charge >= 0.3 is 0 Å². The molecule has 96 valence electrons. The molecular formula is C14H21ClOS. The van der Waals surface area contributed by atoms with Gasteiger partial charge in [-0.05, 0) is 42.9 Å². The van der Waals surface area contributed by atoms with Gasteiger partial charge in [-0.15, -0.1) is 11.8 Å². The topological polar surface area (TPSA) is 20.2 Å². The molecule has 1 aromatic carbocycles. The van der Waals surface area contributed by atoms with E-state index in [0.717, 1.165) is 11.4 Å². The lowest BCUT2D eigenvalue weighted by molar-refractivity contribution is 0.282. The molecule has 0 amide bonds. The first-order valence-corrected chi connectivity index (χ1v) is 7.68. The Hall–Kier alpha value is -0.180. The van der Waals surface area contributed by atoms with Gasteiger partial charge in [-0.3, -0.25) is 0 Å². The molecule has 1 rings (SSSR count). The van der Waals surface area contributed by atoms with Gasteiger partial charge in [0.2, 0.25) is 0 Å². The molecule has 1 aromatic rings. The summed E-state index contributed by atoms with van der Waals surface area (Å²) in [5.74, 6) is 1.18. The Morgan fingerprint density at radius 1 is 0.882 bits per heavy atom. The largest absolute Gasteiger partial charge is 0.396 e. The van der Waals surface area contributed by atoms with Gasteiger partial charge in [0.25, 0.3) is 0 Å². The van der Waals surface area contributed by atoms with E-state index in [1.807, 2.05) is 23.9 Å². The molecule has 0 unspecified atom stereocenters. The third kappa shape index (κ3) is 7.69. The summed E-state index contributed by atoms with van der Waals surface area (Å²) in [7, 11) is 0. The van der Waals surface area contributed by atoms with Crippen LogP contribution >= 0.6 is 23.4 Å². The molecule has 0 saturated carbocycles. The van der Waals surface area contributed by atoms with E-state index in [-0.39, 0.29) is 0 Å². The Bertz CT molecular complexity index is 287. The summed E-state index contributed by atoms with van der Waals surface area (Å²) in [6, 6.07) is 8.04. The zero-order valence-electron chi connectivity index (χ0n) is 10.2. The van der Waals surface area contributed by atoms with Crippen molar-refractivity contribution in [2.45, 2.75) is 43.4 Å². The SMILES string of the molecule is OCCCCCCCCSc1ccc(Cl)cc1. The maximum atomic E-state index is 8.64. The second-order valence-corrected chi connectivity index (χ2v) is 5.75. The van der Waals surface area contributed by atoms with E-state index in [1.165, 1.54) is 42.8 Å². The molecule has 1 N–H and O–H groups in total. The quantitative estimate of drug-likeness (QED) is 0.516. The number of hydrogen-bond acceptors (Lipinski definition) is 2. The van der Waals surface area contributed by atoms with Crippen LogP contribution < -0.4 is 0 Å². The molecular weight excluding hydrogens is 252 g/mol. The fourth-order valence-electron chi connectivity index (χ4n) is 1.64. The van der Waals surface area contributed by atoms with Crippen LogP contribution in [-0.2, 0) is 0 Å². The van der Waals surface area contributed by atoms with Crippen LogP contribution in [-0.4, -0.2) is 17.5 Å². The van der Waals surface area contributed by atoms with E-state index in [9.17, 15) is 0 Å². The number of aliphatic hydroxyl groups excluding tert-OH is 1. The fourth-order valence-corrected chi connectivity index (χ4v) is 2.68. The number of benzene rings is 1. The molecule has 0 atom stereocenters. The Labute approximate surface area is 114 Å². The van der Waals surface area contributed by atoms with Crippen LogP contribution in [0.4, 0.5) is 0 Å². The smallest absolute Gasteiger partial charge is 0.0431 e. The molecule has 0 saturated heterocycles. The van der Waals surface area contributed by atoms with Crippen LogP contribution in [0.3, 0.4) is 0 Å².